The van der Waals surface area contributed by atoms with Crippen molar-refractivity contribution in [2.75, 3.05) is 18.9 Å². The predicted molar refractivity (Wildman–Crippen MR) is 71.6 cm³/mol. The Labute approximate surface area is 111 Å². The molecule has 3 N–H and O–H groups in total. The average molecular weight is 266 g/mol. The molecule has 0 aliphatic heterocycles. The Morgan fingerprint density at radius 3 is 2.53 bits per heavy atom. The van der Waals surface area contributed by atoms with E-state index in [1.807, 2.05) is 13.8 Å². The maximum absolute atomic E-state index is 11.8. The molecule has 0 spiro atoms. The molecule has 2 amide bonds. The van der Waals surface area contributed by atoms with Gasteiger partial charge in [-0.3, -0.25) is 0 Å². The highest BCUT2D eigenvalue weighted by molar-refractivity contribution is 5.95. The number of nitrogens with zero attached hydrogens (tertiary/aromatic N) is 1. The number of anilines is 1. The Bertz CT molecular complexity index is 486. The Kier molecular flexibility index (Phi) is 4.74. The van der Waals surface area contributed by atoms with E-state index < -0.39 is 5.97 Å². The number of aromatic carboxylic acids is 1. The lowest BCUT2D eigenvalue weighted by molar-refractivity contribution is 0.0693. The van der Waals surface area contributed by atoms with Gasteiger partial charge in [0.25, 0.3) is 0 Å². The number of carbonyl (C=O) groups excluding carboxylic acids is 1. The third-order valence-corrected chi connectivity index (χ3v) is 2.46. The Balaban J connectivity index is 2.80. The van der Waals surface area contributed by atoms with Gasteiger partial charge in [0.05, 0.1) is 0 Å². The number of carboxylic acid groups (broad SMARTS) is 1. The van der Waals surface area contributed by atoms with E-state index in [0.717, 1.165) is 0 Å². The summed E-state index contributed by atoms with van der Waals surface area (Å²) in [5.41, 5.74) is 0.0834. The van der Waals surface area contributed by atoms with Crippen LogP contribution in [0.5, 0.6) is 5.75 Å². The fraction of sp³-hybridized carbons (Fsp3) is 0.385. The number of urea groups is 1. The molecule has 0 fully saturated rings. The van der Waals surface area contributed by atoms with Gasteiger partial charge in [-0.25, -0.2) is 9.59 Å². The second-order valence-electron chi connectivity index (χ2n) is 4.74. The van der Waals surface area contributed by atoms with E-state index >= 15 is 0 Å². The highest BCUT2D eigenvalue weighted by Crippen LogP contribution is 2.21. The summed E-state index contributed by atoms with van der Waals surface area (Å²) in [6.45, 7) is 4.58. The number of nitrogens with one attached hydrogen (secondary N) is 1. The van der Waals surface area contributed by atoms with Crippen molar-refractivity contribution < 1.29 is 19.8 Å². The van der Waals surface area contributed by atoms with Gasteiger partial charge in [0, 0.05) is 19.3 Å². The summed E-state index contributed by atoms with van der Waals surface area (Å²) in [7, 11) is 1.66. The van der Waals surface area contributed by atoms with Crippen molar-refractivity contribution in [2.24, 2.45) is 5.92 Å². The van der Waals surface area contributed by atoms with Crippen molar-refractivity contribution in [2.45, 2.75) is 13.8 Å². The monoisotopic (exact) mass is 266 g/mol. The SMILES string of the molecule is CC(C)CN(C)C(=O)Nc1ccc(O)c(C(=O)O)c1. The first-order chi connectivity index (χ1) is 8.81. The average Bonchev–Trinajstić information content (AvgIpc) is 2.30. The fourth-order valence-electron chi connectivity index (χ4n) is 1.63. The van der Waals surface area contributed by atoms with Crippen LogP contribution in [0.25, 0.3) is 0 Å². The van der Waals surface area contributed by atoms with Crippen LogP contribution >= 0.6 is 0 Å². The van der Waals surface area contributed by atoms with Crippen LogP contribution < -0.4 is 5.32 Å². The Morgan fingerprint density at radius 2 is 2.00 bits per heavy atom. The van der Waals surface area contributed by atoms with E-state index in [1.54, 1.807) is 7.05 Å². The zero-order valence-corrected chi connectivity index (χ0v) is 11.2. The summed E-state index contributed by atoms with van der Waals surface area (Å²) in [5, 5.41) is 20.8. The van der Waals surface area contributed by atoms with Crippen LogP contribution in [0.15, 0.2) is 18.2 Å². The Hall–Kier alpha value is -2.24. The second-order valence-corrected chi connectivity index (χ2v) is 4.74. The summed E-state index contributed by atoms with van der Waals surface area (Å²) in [5.74, 6) is -1.24. The van der Waals surface area contributed by atoms with E-state index in [1.165, 1.54) is 23.1 Å². The lowest BCUT2D eigenvalue weighted by Gasteiger charge is -2.20. The molecule has 6 heteroatoms. The van der Waals surface area contributed by atoms with Crippen LogP contribution in [-0.4, -0.2) is 40.7 Å². The highest BCUT2D eigenvalue weighted by atomic mass is 16.4. The molecule has 19 heavy (non-hydrogen) atoms. The standard InChI is InChI=1S/C13H18N2O4/c1-8(2)7-15(3)13(19)14-9-4-5-11(16)10(6-9)12(17)18/h4-6,8,16H,7H2,1-3H3,(H,14,19)(H,17,18). The number of phenols is 1. The number of rotatable bonds is 4. The van der Waals surface area contributed by atoms with E-state index in [0.29, 0.717) is 18.2 Å². The van der Waals surface area contributed by atoms with Gasteiger partial charge in [-0.05, 0) is 24.1 Å². The van der Waals surface area contributed by atoms with Gasteiger partial charge in [-0.15, -0.1) is 0 Å². The number of aromatic hydroxyl groups is 1. The summed E-state index contributed by atoms with van der Waals surface area (Å²) >= 11 is 0. The first kappa shape index (κ1) is 14.8. The lowest BCUT2D eigenvalue weighted by atomic mass is 10.2. The molecule has 0 aliphatic rings. The number of benzene rings is 1. The van der Waals surface area contributed by atoms with Gasteiger partial charge < -0.3 is 20.4 Å². The maximum atomic E-state index is 11.8. The summed E-state index contributed by atoms with van der Waals surface area (Å²) in [6, 6.07) is 3.58. The van der Waals surface area contributed by atoms with Crippen molar-refractivity contribution in [3.63, 3.8) is 0 Å². The molecule has 0 radical (unpaired) electrons. The van der Waals surface area contributed by atoms with Gasteiger partial charge >= 0.3 is 12.0 Å². The van der Waals surface area contributed by atoms with Crippen LogP contribution in [-0.2, 0) is 0 Å². The smallest absolute Gasteiger partial charge is 0.339 e. The zero-order valence-electron chi connectivity index (χ0n) is 11.2. The van der Waals surface area contributed by atoms with E-state index in [9.17, 15) is 14.7 Å². The quantitative estimate of drug-likeness (QED) is 0.729. The maximum Gasteiger partial charge on any atom is 0.339 e. The molecule has 0 saturated heterocycles. The van der Waals surface area contributed by atoms with Crippen LogP contribution in [0.3, 0.4) is 0 Å². The van der Waals surface area contributed by atoms with E-state index in [4.69, 9.17) is 5.11 Å². The summed E-state index contributed by atoms with van der Waals surface area (Å²) < 4.78 is 0. The summed E-state index contributed by atoms with van der Waals surface area (Å²) in [6.07, 6.45) is 0. The van der Waals surface area contributed by atoms with Gasteiger partial charge in [-0.1, -0.05) is 13.8 Å². The largest absolute Gasteiger partial charge is 0.507 e. The minimum Gasteiger partial charge on any atom is -0.507 e. The molecule has 6 nitrogen and oxygen atoms in total. The summed E-state index contributed by atoms with van der Waals surface area (Å²) in [4.78, 5) is 24.2. The molecular weight excluding hydrogens is 248 g/mol. The molecule has 0 aromatic heterocycles. The van der Waals surface area contributed by atoms with Crippen molar-refractivity contribution in [1.29, 1.82) is 0 Å². The minimum absolute atomic E-state index is 0.246. The minimum atomic E-state index is -1.25. The highest BCUT2D eigenvalue weighted by Gasteiger charge is 2.13. The number of carbonyl (C=O) groups is 2. The fourth-order valence-corrected chi connectivity index (χ4v) is 1.63. The molecule has 0 bridgehead atoms. The Morgan fingerprint density at radius 1 is 1.37 bits per heavy atom. The zero-order chi connectivity index (χ0) is 14.6. The van der Waals surface area contributed by atoms with Crippen LogP contribution in [0.4, 0.5) is 10.5 Å². The molecule has 0 atom stereocenters. The normalized spacial score (nSPS) is 10.3. The van der Waals surface area contributed by atoms with Crippen LogP contribution in [0.2, 0.25) is 0 Å². The molecular formula is C13H18N2O4. The third kappa shape index (κ3) is 4.17. The molecule has 1 rings (SSSR count). The molecule has 0 aliphatic carbocycles. The predicted octanol–water partition coefficient (Wildman–Crippen LogP) is 2.21. The van der Waals surface area contributed by atoms with Crippen molar-refractivity contribution in [3.05, 3.63) is 23.8 Å². The van der Waals surface area contributed by atoms with Gasteiger partial charge in [-0.2, -0.15) is 0 Å². The lowest BCUT2D eigenvalue weighted by Crippen LogP contribution is -2.34. The molecule has 1 aromatic carbocycles. The topological polar surface area (TPSA) is 89.9 Å². The molecule has 0 unspecified atom stereocenters. The third-order valence-electron chi connectivity index (χ3n) is 2.46. The van der Waals surface area contributed by atoms with Crippen LogP contribution in [0.1, 0.15) is 24.2 Å². The first-order valence-electron chi connectivity index (χ1n) is 5.89. The van der Waals surface area contributed by atoms with Gasteiger partial charge in [0.1, 0.15) is 11.3 Å². The number of hydrogen-bond donors (Lipinski definition) is 3. The molecule has 1 aromatic rings. The van der Waals surface area contributed by atoms with Crippen molar-refractivity contribution >= 4 is 17.7 Å². The van der Waals surface area contributed by atoms with E-state index in [2.05, 4.69) is 5.32 Å². The van der Waals surface area contributed by atoms with Gasteiger partial charge in [0.2, 0.25) is 0 Å². The first-order valence-corrected chi connectivity index (χ1v) is 5.89. The van der Waals surface area contributed by atoms with Crippen molar-refractivity contribution in [1.82, 2.24) is 4.90 Å². The number of amides is 2. The molecule has 104 valence electrons. The second kappa shape index (κ2) is 6.08. The van der Waals surface area contributed by atoms with Gasteiger partial charge in [0.15, 0.2) is 0 Å². The molecule has 0 saturated carbocycles. The van der Waals surface area contributed by atoms with Crippen molar-refractivity contribution in [3.8, 4) is 5.75 Å². The van der Waals surface area contributed by atoms with E-state index in [-0.39, 0.29) is 17.3 Å². The number of carboxylic acids is 1. The number of hydrogen-bond acceptors (Lipinski definition) is 3. The van der Waals surface area contributed by atoms with Crippen LogP contribution in [0, 0.1) is 5.92 Å². The molecule has 0 heterocycles.